The summed E-state index contributed by atoms with van der Waals surface area (Å²) in [5, 5.41) is 9.09. The zero-order chi connectivity index (χ0) is 13.1. The van der Waals surface area contributed by atoms with Gasteiger partial charge in [0.25, 0.3) is 0 Å². The molecule has 1 aromatic heterocycles. The van der Waals surface area contributed by atoms with Crippen LogP contribution in [0.15, 0.2) is 34.8 Å². The largest absolute Gasteiger partial charge is 0.439 e. The molecule has 0 aliphatic rings. The molecule has 3 nitrogen and oxygen atoms in total. The first-order valence-electron chi connectivity index (χ1n) is 5.61. The van der Waals surface area contributed by atoms with Gasteiger partial charge in [0.15, 0.2) is 0 Å². The number of aryl methyl sites for hydroxylation is 2. The number of aliphatic hydroxyl groups is 1. The van der Waals surface area contributed by atoms with Crippen LogP contribution in [0.5, 0.6) is 11.6 Å². The lowest BCUT2D eigenvalue weighted by atomic mass is 10.2. The number of ether oxygens (including phenoxy) is 1. The molecule has 0 bridgehead atoms. The van der Waals surface area contributed by atoms with E-state index in [0.29, 0.717) is 5.88 Å². The van der Waals surface area contributed by atoms with Crippen molar-refractivity contribution in [2.75, 3.05) is 0 Å². The van der Waals surface area contributed by atoms with Gasteiger partial charge in [-0.3, -0.25) is 0 Å². The fourth-order valence-electron chi connectivity index (χ4n) is 1.59. The molecule has 0 atom stereocenters. The Morgan fingerprint density at radius 1 is 1.22 bits per heavy atom. The summed E-state index contributed by atoms with van der Waals surface area (Å²) in [5.41, 5.74) is 2.64. The Kier molecular flexibility index (Phi) is 3.99. The summed E-state index contributed by atoms with van der Waals surface area (Å²) in [7, 11) is 0. The minimum atomic E-state index is -0.00493. The summed E-state index contributed by atoms with van der Waals surface area (Å²) in [5.74, 6) is 1.30. The molecule has 0 aliphatic heterocycles. The van der Waals surface area contributed by atoms with Gasteiger partial charge < -0.3 is 9.84 Å². The molecule has 94 valence electrons. The predicted molar refractivity (Wildman–Crippen MR) is 73.8 cm³/mol. The van der Waals surface area contributed by atoms with Gasteiger partial charge in [0.1, 0.15) is 5.75 Å². The molecule has 0 amide bonds. The average Bonchev–Trinajstić information content (AvgIpc) is 2.34. The molecule has 0 aliphatic carbocycles. The van der Waals surface area contributed by atoms with Crippen molar-refractivity contribution >= 4 is 15.9 Å². The van der Waals surface area contributed by atoms with Crippen LogP contribution < -0.4 is 4.74 Å². The number of hydrogen-bond acceptors (Lipinski definition) is 3. The smallest absolute Gasteiger partial charge is 0.219 e. The monoisotopic (exact) mass is 307 g/mol. The van der Waals surface area contributed by atoms with E-state index in [2.05, 4.69) is 20.9 Å². The van der Waals surface area contributed by atoms with Gasteiger partial charge in [-0.05, 0) is 43.2 Å². The lowest BCUT2D eigenvalue weighted by Gasteiger charge is -2.10. The Morgan fingerprint density at radius 2 is 2.00 bits per heavy atom. The number of nitrogens with zero attached hydrogens (tertiary/aromatic N) is 1. The maximum Gasteiger partial charge on any atom is 0.219 e. The third-order valence-corrected chi connectivity index (χ3v) is 3.20. The number of aromatic nitrogens is 1. The topological polar surface area (TPSA) is 42.4 Å². The van der Waals surface area contributed by atoms with E-state index in [4.69, 9.17) is 9.84 Å². The highest BCUT2D eigenvalue weighted by Gasteiger charge is 2.05. The van der Waals surface area contributed by atoms with E-state index in [1.54, 1.807) is 6.07 Å². The number of hydrogen-bond donors (Lipinski definition) is 1. The second-order valence-corrected chi connectivity index (χ2v) is 4.98. The number of aliphatic hydroxyl groups excluding tert-OH is 1. The molecule has 1 aromatic carbocycles. The molecular formula is C14H14BrNO2. The van der Waals surface area contributed by atoms with Crippen molar-refractivity contribution in [1.29, 1.82) is 0 Å². The SMILES string of the molecule is Cc1ccc(Br)cc1Oc1ccc(CO)c(C)n1. The highest BCUT2D eigenvalue weighted by Crippen LogP contribution is 2.27. The first kappa shape index (κ1) is 13.1. The molecule has 2 aromatic rings. The van der Waals surface area contributed by atoms with E-state index in [9.17, 15) is 0 Å². The number of halogens is 1. The van der Waals surface area contributed by atoms with Crippen LogP contribution in [-0.2, 0) is 6.61 Å². The van der Waals surface area contributed by atoms with Crippen molar-refractivity contribution in [1.82, 2.24) is 4.98 Å². The second-order valence-electron chi connectivity index (χ2n) is 4.06. The van der Waals surface area contributed by atoms with Gasteiger partial charge in [0, 0.05) is 16.2 Å². The van der Waals surface area contributed by atoms with Gasteiger partial charge in [0.05, 0.1) is 6.61 Å². The van der Waals surface area contributed by atoms with E-state index in [1.807, 2.05) is 38.1 Å². The first-order chi connectivity index (χ1) is 8.60. The van der Waals surface area contributed by atoms with Gasteiger partial charge in [-0.2, -0.15) is 0 Å². The minimum Gasteiger partial charge on any atom is -0.439 e. The molecule has 4 heteroatoms. The summed E-state index contributed by atoms with van der Waals surface area (Å²) in [6, 6.07) is 9.44. The van der Waals surface area contributed by atoms with Crippen LogP contribution >= 0.6 is 15.9 Å². The summed E-state index contributed by atoms with van der Waals surface area (Å²) >= 11 is 3.41. The molecule has 18 heavy (non-hydrogen) atoms. The Bertz CT molecular complexity index is 570. The third-order valence-electron chi connectivity index (χ3n) is 2.70. The van der Waals surface area contributed by atoms with E-state index in [1.165, 1.54) is 0 Å². The van der Waals surface area contributed by atoms with Crippen molar-refractivity contribution < 1.29 is 9.84 Å². The Balaban J connectivity index is 2.28. The van der Waals surface area contributed by atoms with Gasteiger partial charge in [-0.1, -0.05) is 22.0 Å². The van der Waals surface area contributed by atoms with Crippen LogP contribution in [0.4, 0.5) is 0 Å². The van der Waals surface area contributed by atoms with Gasteiger partial charge in [-0.25, -0.2) is 4.98 Å². The standard InChI is InChI=1S/C14H14BrNO2/c1-9-3-5-12(15)7-13(9)18-14-6-4-11(8-17)10(2)16-14/h3-7,17H,8H2,1-2H3. The molecule has 0 saturated heterocycles. The van der Waals surface area contributed by atoms with Gasteiger partial charge in [0.2, 0.25) is 5.88 Å². The maximum atomic E-state index is 9.09. The molecule has 0 spiro atoms. The number of rotatable bonds is 3. The molecule has 1 N–H and O–H groups in total. The summed E-state index contributed by atoms with van der Waals surface area (Å²) in [4.78, 5) is 4.31. The van der Waals surface area contributed by atoms with Gasteiger partial charge in [-0.15, -0.1) is 0 Å². The molecular weight excluding hydrogens is 294 g/mol. The highest BCUT2D eigenvalue weighted by atomic mass is 79.9. The van der Waals surface area contributed by atoms with Crippen molar-refractivity contribution in [3.05, 3.63) is 51.6 Å². The highest BCUT2D eigenvalue weighted by molar-refractivity contribution is 9.10. The third kappa shape index (κ3) is 2.89. The van der Waals surface area contributed by atoms with Crippen molar-refractivity contribution in [3.63, 3.8) is 0 Å². The quantitative estimate of drug-likeness (QED) is 0.939. The molecule has 2 rings (SSSR count). The zero-order valence-corrected chi connectivity index (χ0v) is 11.9. The second kappa shape index (κ2) is 5.50. The fourth-order valence-corrected chi connectivity index (χ4v) is 1.93. The van der Waals surface area contributed by atoms with Crippen LogP contribution in [-0.4, -0.2) is 10.1 Å². The molecule has 0 radical (unpaired) electrons. The van der Waals surface area contributed by atoms with Crippen molar-refractivity contribution in [2.45, 2.75) is 20.5 Å². The molecule has 0 saturated carbocycles. The maximum absolute atomic E-state index is 9.09. The fraction of sp³-hybridized carbons (Fsp3) is 0.214. The van der Waals surface area contributed by atoms with Crippen LogP contribution in [0.25, 0.3) is 0 Å². The lowest BCUT2D eigenvalue weighted by molar-refractivity contribution is 0.280. The van der Waals surface area contributed by atoms with Crippen LogP contribution in [0.3, 0.4) is 0 Å². The van der Waals surface area contributed by atoms with E-state index in [0.717, 1.165) is 27.0 Å². The normalized spacial score (nSPS) is 10.4. The zero-order valence-electron chi connectivity index (χ0n) is 10.3. The van der Waals surface area contributed by atoms with E-state index >= 15 is 0 Å². The predicted octanol–water partition coefficient (Wildman–Crippen LogP) is 3.75. The molecule has 0 fully saturated rings. The molecule has 0 unspecified atom stereocenters. The Labute approximate surface area is 115 Å². The Morgan fingerprint density at radius 3 is 2.67 bits per heavy atom. The van der Waals surface area contributed by atoms with Crippen LogP contribution in [0, 0.1) is 13.8 Å². The summed E-state index contributed by atoms with van der Waals surface area (Å²) in [6.45, 7) is 3.83. The molecule has 1 heterocycles. The van der Waals surface area contributed by atoms with Crippen molar-refractivity contribution in [2.24, 2.45) is 0 Å². The van der Waals surface area contributed by atoms with E-state index in [-0.39, 0.29) is 6.61 Å². The van der Waals surface area contributed by atoms with Crippen molar-refractivity contribution in [3.8, 4) is 11.6 Å². The van der Waals surface area contributed by atoms with Crippen LogP contribution in [0.2, 0.25) is 0 Å². The van der Waals surface area contributed by atoms with Crippen LogP contribution in [0.1, 0.15) is 16.8 Å². The lowest BCUT2D eigenvalue weighted by Crippen LogP contribution is -1.96. The first-order valence-corrected chi connectivity index (χ1v) is 6.41. The Hall–Kier alpha value is -1.39. The van der Waals surface area contributed by atoms with Gasteiger partial charge >= 0.3 is 0 Å². The summed E-state index contributed by atoms with van der Waals surface area (Å²) in [6.07, 6.45) is 0. The number of benzene rings is 1. The average molecular weight is 308 g/mol. The van der Waals surface area contributed by atoms with E-state index < -0.39 is 0 Å². The minimum absolute atomic E-state index is 0.00493. The summed E-state index contributed by atoms with van der Waals surface area (Å²) < 4.78 is 6.71. The number of pyridine rings is 1.